The van der Waals surface area contributed by atoms with Gasteiger partial charge in [-0.1, -0.05) is 128 Å². The number of fused-ring (bicyclic) bond motifs is 2. The Bertz CT molecular complexity index is 1720. The molecule has 0 nitrogen and oxygen atoms in total. The molecule has 6 aromatic rings. The van der Waals surface area contributed by atoms with Gasteiger partial charge in [-0.3, -0.25) is 0 Å². The highest BCUT2D eigenvalue weighted by molar-refractivity contribution is 6.10. The average Bonchev–Trinajstić information content (AvgIpc) is 2.94. The van der Waals surface area contributed by atoms with Gasteiger partial charge >= 0.3 is 0 Å². The summed E-state index contributed by atoms with van der Waals surface area (Å²) in [6.07, 6.45) is 2.14. The largest absolute Gasteiger partial charge is 0.0651 e. The molecular formula is C37H32. The van der Waals surface area contributed by atoms with E-state index in [2.05, 4.69) is 136 Å². The van der Waals surface area contributed by atoms with Crippen molar-refractivity contribution in [1.29, 1.82) is 0 Å². The first-order chi connectivity index (χ1) is 18.1. The molecule has 6 aromatic carbocycles. The maximum atomic E-state index is 2.41. The zero-order valence-corrected chi connectivity index (χ0v) is 21.9. The smallest absolute Gasteiger partial charge is 0.00582 e. The van der Waals surface area contributed by atoms with Crippen molar-refractivity contribution in [2.24, 2.45) is 0 Å². The van der Waals surface area contributed by atoms with Crippen LogP contribution in [0.3, 0.4) is 0 Å². The van der Waals surface area contributed by atoms with Crippen molar-refractivity contribution in [2.45, 2.75) is 33.6 Å². The van der Waals surface area contributed by atoms with Gasteiger partial charge in [-0.2, -0.15) is 0 Å². The SMILES string of the molecule is CCCc1c(-c2ccc(-c3ccc(C)cc3)cc2)cc2ccccc2c1-c1c(C)ccc2ccccc12. The quantitative estimate of drug-likeness (QED) is 0.232. The van der Waals surface area contributed by atoms with E-state index < -0.39 is 0 Å². The molecule has 37 heavy (non-hydrogen) atoms. The Morgan fingerprint density at radius 2 is 1.08 bits per heavy atom. The van der Waals surface area contributed by atoms with E-state index in [0.29, 0.717) is 0 Å². The van der Waals surface area contributed by atoms with E-state index in [1.807, 2.05) is 0 Å². The maximum Gasteiger partial charge on any atom is -0.00582 e. The fourth-order valence-electron chi connectivity index (χ4n) is 5.74. The molecular weight excluding hydrogens is 444 g/mol. The highest BCUT2D eigenvalue weighted by atomic mass is 14.2. The Kier molecular flexibility index (Phi) is 6.10. The van der Waals surface area contributed by atoms with Gasteiger partial charge < -0.3 is 0 Å². The molecule has 0 radical (unpaired) electrons. The van der Waals surface area contributed by atoms with Crippen LogP contribution in [0.1, 0.15) is 30.0 Å². The first kappa shape index (κ1) is 23.3. The van der Waals surface area contributed by atoms with Gasteiger partial charge in [-0.25, -0.2) is 0 Å². The first-order valence-corrected chi connectivity index (χ1v) is 13.3. The van der Waals surface area contributed by atoms with Crippen LogP contribution in [0.15, 0.2) is 115 Å². The van der Waals surface area contributed by atoms with Crippen LogP contribution in [0.2, 0.25) is 0 Å². The Labute approximate surface area is 220 Å². The summed E-state index contributed by atoms with van der Waals surface area (Å²) < 4.78 is 0. The van der Waals surface area contributed by atoms with Crippen LogP contribution in [-0.2, 0) is 6.42 Å². The van der Waals surface area contributed by atoms with Crippen molar-refractivity contribution in [2.75, 3.05) is 0 Å². The van der Waals surface area contributed by atoms with E-state index in [0.717, 1.165) is 12.8 Å². The molecule has 0 heteroatoms. The lowest BCUT2D eigenvalue weighted by atomic mass is 9.82. The summed E-state index contributed by atoms with van der Waals surface area (Å²) in [5.41, 5.74) is 12.0. The fourth-order valence-corrected chi connectivity index (χ4v) is 5.74. The predicted molar refractivity (Wildman–Crippen MR) is 161 cm³/mol. The molecule has 0 aromatic heterocycles. The lowest BCUT2D eigenvalue weighted by Gasteiger charge is -2.21. The minimum absolute atomic E-state index is 1.04. The number of benzene rings is 6. The van der Waals surface area contributed by atoms with Crippen LogP contribution in [0.5, 0.6) is 0 Å². The van der Waals surface area contributed by atoms with Crippen LogP contribution in [0.4, 0.5) is 0 Å². The van der Waals surface area contributed by atoms with Crippen LogP contribution >= 0.6 is 0 Å². The summed E-state index contributed by atoms with van der Waals surface area (Å²) >= 11 is 0. The van der Waals surface area contributed by atoms with Crippen molar-refractivity contribution in [3.05, 3.63) is 132 Å². The van der Waals surface area contributed by atoms with Gasteiger partial charge in [0.05, 0.1) is 0 Å². The van der Waals surface area contributed by atoms with E-state index in [1.54, 1.807) is 0 Å². The third-order valence-corrected chi connectivity index (χ3v) is 7.63. The maximum absolute atomic E-state index is 2.41. The summed E-state index contributed by atoms with van der Waals surface area (Å²) in [5.74, 6) is 0. The summed E-state index contributed by atoms with van der Waals surface area (Å²) in [5, 5.41) is 5.26. The average molecular weight is 477 g/mol. The second-order valence-corrected chi connectivity index (χ2v) is 10.2. The Morgan fingerprint density at radius 1 is 0.514 bits per heavy atom. The highest BCUT2D eigenvalue weighted by Gasteiger charge is 2.19. The fraction of sp³-hybridized carbons (Fsp3) is 0.135. The number of aryl methyl sites for hydroxylation is 2. The summed E-state index contributed by atoms with van der Waals surface area (Å²) in [6.45, 7) is 6.69. The molecule has 180 valence electrons. The van der Waals surface area contributed by atoms with Gasteiger partial charge in [-0.05, 0) is 92.4 Å². The molecule has 0 saturated heterocycles. The molecule has 0 heterocycles. The van der Waals surface area contributed by atoms with Gasteiger partial charge in [-0.15, -0.1) is 0 Å². The number of hydrogen-bond acceptors (Lipinski definition) is 0. The van der Waals surface area contributed by atoms with Crippen molar-refractivity contribution >= 4 is 21.5 Å². The molecule has 0 fully saturated rings. The molecule has 0 saturated carbocycles. The first-order valence-electron chi connectivity index (χ1n) is 13.3. The Balaban J connectivity index is 1.62. The standard InChI is InChI=1S/C37H32/c1-4-9-34-35(30-22-20-28(21-23-30)27-17-14-25(2)15-18-27)24-31-11-6-8-13-33(31)37(34)36-26(3)16-19-29-10-5-7-12-32(29)36/h5-8,10-24H,4,9H2,1-3H3. The lowest BCUT2D eigenvalue weighted by Crippen LogP contribution is -1.98. The van der Waals surface area contributed by atoms with Gasteiger partial charge in [0.25, 0.3) is 0 Å². The van der Waals surface area contributed by atoms with Crippen LogP contribution in [0.25, 0.3) is 54.9 Å². The lowest BCUT2D eigenvalue weighted by molar-refractivity contribution is 0.927. The second-order valence-electron chi connectivity index (χ2n) is 10.2. The van der Waals surface area contributed by atoms with Crippen LogP contribution in [-0.4, -0.2) is 0 Å². The minimum Gasteiger partial charge on any atom is -0.0651 e. The number of hydrogen-bond donors (Lipinski definition) is 0. The van der Waals surface area contributed by atoms with Crippen molar-refractivity contribution < 1.29 is 0 Å². The zero-order chi connectivity index (χ0) is 25.4. The monoisotopic (exact) mass is 476 g/mol. The summed E-state index contributed by atoms with van der Waals surface area (Å²) in [7, 11) is 0. The summed E-state index contributed by atoms with van der Waals surface area (Å²) in [6, 6.07) is 42.6. The van der Waals surface area contributed by atoms with E-state index in [-0.39, 0.29) is 0 Å². The van der Waals surface area contributed by atoms with Crippen molar-refractivity contribution in [1.82, 2.24) is 0 Å². The molecule has 0 bridgehead atoms. The highest BCUT2D eigenvalue weighted by Crippen LogP contribution is 2.43. The Morgan fingerprint density at radius 3 is 1.76 bits per heavy atom. The van der Waals surface area contributed by atoms with Crippen LogP contribution < -0.4 is 0 Å². The van der Waals surface area contributed by atoms with E-state index >= 15 is 0 Å². The van der Waals surface area contributed by atoms with Gasteiger partial charge in [0, 0.05) is 0 Å². The van der Waals surface area contributed by atoms with Gasteiger partial charge in [0.15, 0.2) is 0 Å². The third-order valence-electron chi connectivity index (χ3n) is 7.63. The third kappa shape index (κ3) is 4.23. The van der Waals surface area contributed by atoms with E-state index in [1.165, 1.54) is 71.6 Å². The number of rotatable bonds is 5. The molecule has 0 unspecified atom stereocenters. The normalized spacial score (nSPS) is 11.3. The molecule has 0 N–H and O–H groups in total. The Hall–Kier alpha value is -4.16. The molecule has 0 aliphatic carbocycles. The van der Waals surface area contributed by atoms with E-state index in [9.17, 15) is 0 Å². The minimum atomic E-state index is 1.04. The van der Waals surface area contributed by atoms with Crippen LogP contribution in [0, 0.1) is 13.8 Å². The summed E-state index contributed by atoms with van der Waals surface area (Å²) in [4.78, 5) is 0. The second kappa shape index (κ2) is 9.71. The molecule has 0 spiro atoms. The van der Waals surface area contributed by atoms with Gasteiger partial charge in [0.1, 0.15) is 0 Å². The predicted octanol–water partition coefficient (Wildman–Crippen LogP) is 10.6. The zero-order valence-electron chi connectivity index (χ0n) is 21.9. The van der Waals surface area contributed by atoms with E-state index in [4.69, 9.17) is 0 Å². The topological polar surface area (TPSA) is 0 Å². The van der Waals surface area contributed by atoms with Gasteiger partial charge in [0.2, 0.25) is 0 Å². The molecule has 0 amide bonds. The molecule has 0 aliphatic heterocycles. The molecule has 6 rings (SSSR count). The molecule has 0 aliphatic rings. The molecule has 0 atom stereocenters. The van der Waals surface area contributed by atoms with Crippen molar-refractivity contribution in [3.8, 4) is 33.4 Å². The van der Waals surface area contributed by atoms with Crippen molar-refractivity contribution in [3.63, 3.8) is 0 Å².